The van der Waals surface area contributed by atoms with Gasteiger partial charge in [-0.3, -0.25) is 14.6 Å². The van der Waals surface area contributed by atoms with Crippen molar-refractivity contribution in [3.63, 3.8) is 0 Å². The highest BCUT2D eigenvalue weighted by molar-refractivity contribution is 5.95. The van der Waals surface area contributed by atoms with Crippen molar-refractivity contribution in [2.45, 2.75) is 19.4 Å². The molecule has 0 aliphatic rings. The van der Waals surface area contributed by atoms with Crippen LogP contribution in [0.15, 0.2) is 36.5 Å². The van der Waals surface area contributed by atoms with E-state index < -0.39 is 17.9 Å². The maximum Gasteiger partial charge on any atom is 0.270 e. The number of nitrogens with one attached hydrogen (secondary N) is 1. The summed E-state index contributed by atoms with van der Waals surface area (Å²) in [6.07, 6.45) is 1.83. The lowest BCUT2D eigenvalue weighted by molar-refractivity contribution is -0.119. The molecule has 0 aromatic carbocycles. The molecule has 5 nitrogen and oxygen atoms in total. The normalized spacial score (nSPS) is 11.6. The third-order valence-electron chi connectivity index (χ3n) is 2.10. The van der Waals surface area contributed by atoms with Gasteiger partial charge in [-0.15, -0.1) is 6.58 Å². The van der Waals surface area contributed by atoms with E-state index in [1.165, 1.54) is 6.20 Å². The summed E-state index contributed by atoms with van der Waals surface area (Å²) in [5.74, 6) is -1.01. The highest BCUT2D eigenvalue weighted by Crippen LogP contribution is 2.03. The van der Waals surface area contributed by atoms with Crippen molar-refractivity contribution in [1.29, 1.82) is 0 Å². The first kappa shape index (κ1) is 12.9. The molecule has 0 radical (unpaired) electrons. The first-order valence-corrected chi connectivity index (χ1v) is 5.16. The summed E-state index contributed by atoms with van der Waals surface area (Å²) >= 11 is 0. The van der Waals surface area contributed by atoms with Gasteiger partial charge in [0.2, 0.25) is 5.91 Å². The SMILES string of the molecule is C=C(C)C[C@@H](NC(=O)c1ccccn1)C(N)=O. The molecule has 17 heavy (non-hydrogen) atoms. The number of pyridine rings is 1. The quantitative estimate of drug-likeness (QED) is 0.731. The van der Waals surface area contributed by atoms with Crippen LogP contribution in [0.25, 0.3) is 0 Å². The zero-order valence-electron chi connectivity index (χ0n) is 9.64. The molecular weight excluding hydrogens is 218 g/mol. The second-order valence-electron chi connectivity index (χ2n) is 3.80. The first-order valence-electron chi connectivity index (χ1n) is 5.16. The molecule has 0 saturated carbocycles. The molecule has 90 valence electrons. The van der Waals surface area contributed by atoms with E-state index in [4.69, 9.17) is 5.73 Å². The lowest BCUT2D eigenvalue weighted by atomic mass is 10.1. The molecule has 0 fully saturated rings. The number of hydrogen-bond acceptors (Lipinski definition) is 3. The minimum atomic E-state index is -0.748. The van der Waals surface area contributed by atoms with Crippen LogP contribution in [-0.2, 0) is 4.79 Å². The van der Waals surface area contributed by atoms with E-state index in [0.717, 1.165) is 5.57 Å². The second-order valence-corrected chi connectivity index (χ2v) is 3.80. The van der Waals surface area contributed by atoms with Crippen LogP contribution in [0, 0.1) is 0 Å². The topological polar surface area (TPSA) is 85.1 Å². The highest BCUT2D eigenvalue weighted by atomic mass is 16.2. The summed E-state index contributed by atoms with van der Waals surface area (Å²) in [6, 6.07) is 4.21. The van der Waals surface area contributed by atoms with E-state index >= 15 is 0 Å². The Hall–Kier alpha value is -2.17. The van der Waals surface area contributed by atoms with E-state index in [1.54, 1.807) is 25.1 Å². The molecule has 1 rings (SSSR count). The van der Waals surface area contributed by atoms with E-state index in [0.29, 0.717) is 6.42 Å². The Morgan fingerprint density at radius 1 is 1.53 bits per heavy atom. The van der Waals surface area contributed by atoms with Crippen molar-refractivity contribution in [2.75, 3.05) is 0 Å². The van der Waals surface area contributed by atoms with Gasteiger partial charge in [-0.05, 0) is 25.5 Å². The van der Waals surface area contributed by atoms with Crippen molar-refractivity contribution >= 4 is 11.8 Å². The maximum absolute atomic E-state index is 11.7. The van der Waals surface area contributed by atoms with Crippen LogP contribution in [0.4, 0.5) is 0 Å². The maximum atomic E-state index is 11.7. The minimum absolute atomic E-state index is 0.250. The first-order chi connectivity index (χ1) is 8.00. The standard InChI is InChI=1S/C12H15N3O2/c1-8(2)7-10(11(13)16)15-12(17)9-5-3-4-6-14-9/h3-6,10H,1,7H2,2H3,(H2,13,16)(H,15,17)/t10-/m1/s1. The van der Waals surface area contributed by atoms with Crippen LogP contribution in [0.5, 0.6) is 0 Å². The van der Waals surface area contributed by atoms with Crippen LogP contribution in [0.2, 0.25) is 0 Å². The molecule has 5 heteroatoms. The lowest BCUT2D eigenvalue weighted by Gasteiger charge is -2.14. The lowest BCUT2D eigenvalue weighted by Crippen LogP contribution is -2.44. The molecule has 0 aliphatic heterocycles. The third kappa shape index (κ3) is 4.06. The van der Waals surface area contributed by atoms with Crippen LogP contribution in [-0.4, -0.2) is 22.8 Å². The number of primary amides is 1. The van der Waals surface area contributed by atoms with E-state index in [-0.39, 0.29) is 5.69 Å². The number of carbonyl (C=O) groups excluding carboxylic acids is 2. The van der Waals surface area contributed by atoms with Crippen molar-refractivity contribution in [3.8, 4) is 0 Å². The summed E-state index contributed by atoms with van der Waals surface area (Å²) < 4.78 is 0. The molecular formula is C12H15N3O2. The van der Waals surface area contributed by atoms with Gasteiger partial charge in [0.1, 0.15) is 11.7 Å². The molecule has 0 aliphatic carbocycles. The number of aromatic nitrogens is 1. The van der Waals surface area contributed by atoms with E-state index in [2.05, 4.69) is 16.9 Å². The minimum Gasteiger partial charge on any atom is -0.368 e. The van der Waals surface area contributed by atoms with Crippen LogP contribution >= 0.6 is 0 Å². The highest BCUT2D eigenvalue weighted by Gasteiger charge is 2.19. The molecule has 2 amide bonds. The van der Waals surface area contributed by atoms with Crippen LogP contribution in [0.1, 0.15) is 23.8 Å². The molecule has 0 spiro atoms. The van der Waals surface area contributed by atoms with Gasteiger partial charge < -0.3 is 11.1 Å². The molecule has 0 saturated heterocycles. The average molecular weight is 233 g/mol. The number of carbonyl (C=O) groups is 2. The zero-order valence-corrected chi connectivity index (χ0v) is 9.64. The zero-order chi connectivity index (χ0) is 12.8. The summed E-state index contributed by atoms with van der Waals surface area (Å²) in [5.41, 5.74) is 6.22. The van der Waals surface area contributed by atoms with Crippen LogP contribution in [0.3, 0.4) is 0 Å². The van der Waals surface area contributed by atoms with Crippen LogP contribution < -0.4 is 11.1 Å². The van der Waals surface area contributed by atoms with Crippen molar-refractivity contribution in [3.05, 3.63) is 42.2 Å². The van der Waals surface area contributed by atoms with Crippen molar-refractivity contribution in [1.82, 2.24) is 10.3 Å². The molecule has 1 atom stereocenters. The number of amides is 2. The third-order valence-corrected chi connectivity index (χ3v) is 2.10. The van der Waals surface area contributed by atoms with Crippen molar-refractivity contribution in [2.24, 2.45) is 5.73 Å². The summed E-state index contributed by atoms with van der Waals surface area (Å²) in [6.45, 7) is 5.45. The van der Waals surface area contributed by atoms with E-state index in [9.17, 15) is 9.59 Å². The van der Waals surface area contributed by atoms with Crippen molar-refractivity contribution < 1.29 is 9.59 Å². The Morgan fingerprint density at radius 3 is 2.71 bits per heavy atom. The average Bonchev–Trinajstić information content (AvgIpc) is 2.28. The second kappa shape index (κ2) is 5.79. The van der Waals surface area contributed by atoms with E-state index in [1.807, 2.05) is 0 Å². The number of rotatable bonds is 5. The largest absolute Gasteiger partial charge is 0.368 e. The van der Waals surface area contributed by atoms with Gasteiger partial charge in [-0.1, -0.05) is 11.6 Å². The Labute approximate surface area is 99.7 Å². The number of nitrogens with zero attached hydrogens (tertiary/aromatic N) is 1. The summed E-state index contributed by atoms with van der Waals surface area (Å²) in [5, 5.41) is 2.53. The predicted molar refractivity (Wildman–Crippen MR) is 64.1 cm³/mol. The fourth-order valence-electron chi connectivity index (χ4n) is 1.30. The fraction of sp³-hybridized carbons (Fsp3) is 0.250. The smallest absolute Gasteiger partial charge is 0.270 e. The molecule has 3 N–H and O–H groups in total. The van der Waals surface area contributed by atoms with Gasteiger partial charge in [0.05, 0.1) is 0 Å². The Kier molecular flexibility index (Phi) is 4.39. The van der Waals surface area contributed by atoms with Gasteiger partial charge in [0.25, 0.3) is 5.91 Å². The van der Waals surface area contributed by atoms with Gasteiger partial charge in [0.15, 0.2) is 0 Å². The molecule has 1 heterocycles. The Bertz CT molecular complexity index is 429. The number of nitrogens with two attached hydrogens (primary N) is 1. The monoisotopic (exact) mass is 233 g/mol. The molecule has 1 aromatic heterocycles. The molecule has 0 unspecified atom stereocenters. The predicted octanol–water partition coefficient (Wildman–Crippen LogP) is 0.631. The molecule has 1 aromatic rings. The van der Waals surface area contributed by atoms with Gasteiger partial charge in [-0.25, -0.2) is 0 Å². The summed E-state index contributed by atoms with van der Waals surface area (Å²) in [7, 11) is 0. The summed E-state index contributed by atoms with van der Waals surface area (Å²) in [4.78, 5) is 26.8. The van der Waals surface area contributed by atoms with Gasteiger partial charge in [-0.2, -0.15) is 0 Å². The number of hydrogen-bond donors (Lipinski definition) is 2. The van der Waals surface area contributed by atoms with Gasteiger partial charge in [0, 0.05) is 6.20 Å². The molecule has 0 bridgehead atoms. The Morgan fingerprint density at radius 2 is 2.24 bits per heavy atom. The Balaban J connectivity index is 2.71. The van der Waals surface area contributed by atoms with Gasteiger partial charge >= 0.3 is 0 Å². The fourth-order valence-corrected chi connectivity index (χ4v) is 1.30.